The van der Waals surface area contributed by atoms with Crippen LogP contribution in [-0.2, 0) is 4.79 Å². The number of ether oxygens (including phenoxy) is 1. The number of rotatable bonds is 3. The first-order chi connectivity index (χ1) is 8.17. The number of hydrogen-bond acceptors (Lipinski definition) is 4. The van der Waals surface area contributed by atoms with E-state index in [-0.39, 0.29) is 11.9 Å². The molecule has 1 atom stereocenters. The molecule has 0 aliphatic carbocycles. The predicted molar refractivity (Wildman–Crippen MR) is 67.5 cm³/mol. The Morgan fingerprint density at radius 1 is 1.53 bits per heavy atom. The summed E-state index contributed by atoms with van der Waals surface area (Å²) in [6.45, 7) is 0.488. The molecule has 1 unspecified atom stereocenters. The minimum Gasteiger partial charge on any atom is -0.497 e. The number of nitrogens with two attached hydrogens (primary N) is 1. The first kappa shape index (κ1) is 11.7. The van der Waals surface area contributed by atoms with E-state index < -0.39 is 0 Å². The number of carbonyl (C=O) groups is 1. The Morgan fingerprint density at radius 2 is 2.29 bits per heavy atom. The molecule has 1 amide bonds. The van der Waals surface area contributed by atoms with Crippen molar-refractivity contribution in [3.63, 3.8) is 0 Å². The summed E-state index contributed by atoms with van der Waals surface area (Å²) in [4.78, 5) is 13.8. The molecule has 0 spiro atoms. The number of hydrogen-bond donors (Lipinski definition) is 2. The maximum Gasteiger partial charge on any atom is 0.247 e. The standard InChI is InChI=1S/C12H17N3O2/c1-15-10(5-6-13)12(16)14-9-4-3-8(17-2)7-11(9)15/h3-4,7,10H,5-6,13H2,1-2H3,(H,14,16). The number of anilines is 2. The van der Waals surface area contributed by atoms with Crippen LogP contribution >= 0.6 is 0 Å². The number of nitrogens with one attached hydrogen (secondary N) is 1. The molecule has 1 heterocycles. The van der Waals surface area contributed by atoms with Gasteiger partial charge in [0.1, 0.15) is 11.8 Å². The van der Waals surface area contributed by atoms with E-state index in [1.54, 1.807) is 7.11 Å². The molecular weight excluding hydrogens is 218 g/mol. The SMILES string of the molecule is COc1ccc2c(c1)N(C)C(CCN)C(=O)N2. The van der Waals surface area contributed by atoms with Crippen LogP contribution in [0.25, 0.3) is 0 Å². The van der Waals surface area contributed by atoms with Gasteiger partial charge in [-0.05, 0) is 25.1 Å². The smallest absolute Gasteiger partial charge is 0.247 e. The third-order valence-corrected chi connectivity index (χ3v) is 3.05. The van der Waals surface area contributed by atoms with Gasteiger partial charge in [0.15, 0.2) is 0 Å². The second-order valence-corrected chi connectivity index (χ2v) is 4.08. The molecule has 0 radical (unpaired) electrons. The zero-order chi connectivity index (χ0) is 12.4. The lowest BCUT2D eigenvalue weighted by molar-refractivity contribution is -0.117. The largest absolute Gasteiger partial charge is 0.497 e. The average molecular weight is 235 g/mol. The molecule has 1 aromatic carbocycles. The van der Waals surface area contributed by atoms with Crippen LogP contribution in [0, 0.1) is 0 Å². The van der Waals surface area contributed by atoms with Crippen molar-refractivity contribution in [2.75, 3.05) is 30.9 Å². The molecule has 92 valence electrons. The number of nitrogens with zero attached hydrogens (tertiary/aromatic N) is 1. The van der Waals surface area contributed by atoms with Crippen molar-refractivity contribution in [2.45, 2.75) is 12.5 Å². The van der Waals surface area contributed by atoms with Crippen LogP contribution in [0.5, 0.6) is 5.75 Å². The van der Waals surface area contributed by atoms with Crippen LogP contribution in [0.3, 0.4) is 0 Å². The third-order valence-electron chi connectivity index (χ3n) is 3.05. The van der Waals surface area contributed by atoms with E-state index >= 15 is 0 Å². The molecule has 5 nitrogen and oxygen atoms in total. The van der Waals surface area contributed by atoms with Gasteiger partial charge in [-0.25, -0.2) is 0 Å². The lowest BCUT2D eigenvalue weighted by Crippen LogP contribution is -2.46. The van der Waals surface area contributed by atoms with Crippen molar-refractivity contribution in [3.05, 3.63) is 18.2 Å². The zero-order valence-corrected chi connectivity index (χ0v) is 10.1. The van der Waals surface area contributed by atoms with Crippen molar-refractivity contribution in [2.24, 2.45) is 5.73 Å². The second kappa shape index (κ2) is 4.63. The molecule has 3 N–H and O–H groups in total. The van der Waals surface area contributed by atoms with Gasteiger partial charge < -0.3 is 20.7 Å². The Balaban J connectivity index is 2.37. The third kappa shape index (κ3) is 2.06. The summed E-state index contributed by atoms with van der Waals surface area (Å²) in [5, 5.41) is 2.88. The monoisotopic (exact) mass is 235 g/mol. The number of likely N-dealkylation sites (N-methyl/N-ethyl adjacent to an activating group) is 1. The van der Waals surface area contributed by atoms with Crippen LogP contribution in [0.15, 0.2) is 18.2 Å². The van der Waals surface area contributed by atoms with Gasteiger partial charge in [0.05, 0.1) is 18.5 Å². The zero-order valence-electron chi connectivity index (χ0n) is 10.1. The molecule has 1 aliphatic rings. The average Bonchev–Trinajstić information content (AvgIpc) is 2.34. The van der Waals surface area contributed by atoms with Gasteiger partial charge in [0, 0.05) is 13.1 Å². The quantitative estimate of drug-likeness (QED) is 0.813. The van der Waals surface area contributed by atoms with Gasteiger partial charge >= 0.3 is 0 Å². The lowest BCUT2D eigenvalue weighted by atomic mass is 10.1. The van der Waals surface area contributed by atoms with Crippen molar-refractivity contribution in [3.8, 4) is 5.75 Å². The molecule has 0 bridgehead atoms. The lowest BCUT2D eigenvalue weighted by Gasteiger charge is -2.35. The number of amides is 1. The highest BCUT2D eigenvalue weighted by Gasteiger charge is 2.29. The molecule has 17 heavy (non-hydrogen) atoms. The van der Waals surface area contributed by atoms with E-state index in [0.717, 1.165) is 17.1 Å². The molecule has 0 saturated heterocycles. The van der Waals surface area contributed by atoms with Gasteiger partial charge in [-0.3, -0.25) is 4.79 Å². The highest BCUT2D eigenvalue weighted by Crippen LogP contribution is 2.34. The summed E-state index contributed by atoms with van der Waals surface area (Å²) in [5.74, 6) is 0.772. The van der Waals surface area contributed by atoms with E-state index in [2.05, 4.69) is 5.32 Å². The fourth-order valence-electron chi connectivity index (χ4n) is 2.08. The van der Waals surface area contributed by atoms with E-state index in [4.69, 9.17) is 10.5 Å². The molecule has 2 rings (SSSR count). The van der Waals surface area contributed by atoms with Crippen LogP contribution in [0.2, 0.25) is 0 Å². The highest BCUT2D eigenvalue weighted by atomic mass is 16.5. The van der Waals surface area contributed by atoms with Crippen molar-refractivity contribution >= 4 is 17.3 Å². The molecular formula is C12H17N3O2. The summed E-state index contributed by atoms with van der Waals surface area (Å²) in [6, 6.07) is 5.38. The van der Waals surface area contributed by atoms with E-state index in [9.17, 15) is 4.79 Å². The topological polar surface area (TPSA) is 67.6 Å². The molecule has 0 saturated carbocycles. The Hall–Kier alpha value is -1.75. The fourth-order valence-corrected chi connectivity index (χ4v) is 2.08. The normalized spacial score (nSPS) is 18.6. The summed E-state index contributed by atoms with van der Waals surface area (Å²) in [7, 11) is 3.53. The highest BCUT2D eigenvalue weighted by molar-refractivity contribution is 6.03. The van der Waals surface area contributed by atoms with E-state index in [1.165, 1.54) is 0 Å². The summed E-state index contributed by atoms with van der Waals surface area (Å²) < 4.78 is 5.19. The predicted octanol–water partition coefficient (Wildman–Crippen LogP) is 0.801. The summed E-state index contributed by atoms with van der Waals surface area (Å²) >= 11 is 0. The number of carbonyl (C=O) groups excluding carboxylic acids is 1. The van der Waals surface area contributed by atoms with Gasteiger partial charge in [-0.15, -0.1) is 0 Å². The van der Waals surface area contributed by atoms with E-state index in [0.29, 0.717) is 13.0 Å². The number of fused-ring (bicyclic) bond motifs is 1. The van der Waals surface area contributed by atoms with Crippen LogP contribution in [0.1, 0.15) is 6.42 Å². The van der Waals surface area contributed by atoms with Crippen molar-refractivity contribution in [1.82, 2.24) is 0 Å². The Bertz CT molecular complexity index is 434. The van der Waals surface area contributed by atoms with Crippen LogP contribution in [-0.4, -0.2) is 32.7 Å². The number of benzene rings is 1. The molecule has 5 heteroatoms. The minimum atomic E-state index is -0.209. The van der Waals surface area contributed by atoms with Crippen LogP contribution in [0.4, 0.5) is 11.4 Å². The van der Waals surface area contributed by atoms with Gasteiger partial charge in [0.2, 0.25) is 5.91 Å². The Morgan fingerprint density at radius 3 is 2.94 bits per heavy atom. The fraction of sp³-hybridized carbons (Fsp3) is 0.417. The molecule has 0 fully saturated rings. The first-order valence-electron chi connectivity index (χ1n) is 5.59. The van der Waals surface area contributed by atoms with Crippen LogP contribution < -0.4 is 20.7 Å². The Labute approximate surface area is 101 Å². The summed E-state index contributed by atoms with van der Waals surface area (Å²) in [6.07, 6.45) is 0.638. The van der Waals surface area contributed by atoms with E-state index in [1.807, 2.05) is 30.1 Å². The minimum absolute atomic E-state index is 0.00406. The summed E-state index contributed by atoms with van der Waals surface area (Å²) in [5.41, 5.74) is 7.30. The first-order valence-corrected chi connectivity index (χ1v) is 5.59. The number of methoxy groups -OCH3 is 1. The second-order valence-electron chi connectivity index (χ2n) is 4.08. The van der Waals surface area contributed by atoms with Gasteiger partial charge in [0.25, 0.3) is 0 Å². The molecule has 1 aromatic rings. The van der Waals surface area contributed by atoms with Crippen molar-refractivity contribution < 1.29 is 9.53 Å². The molecule has 1 aliphatic heterocycles. The maximum atomic E-state index is 11.9. The molecule has 0 aromatic heterocycles. The van der Waals surface area contributed by atoms with Gasteiger partial charge in [-0.1, -0.05) is 0 Å². The van der Waals surface area contributed by atoms with Gasteiger partial charge in [-0.2, -0.15) is 0 Å². The maximum absolute atomic E-state index is 11.9. The van der Waals surface area contributed by atoms with Crippen molar-refractivity contribution in [1.29, 1.82) is 0 Å². The Kier molecular flexibility index (Phi) is 3.19.